The maximum absolute atomic E-state index is 13.3. The topological polar surface area (TPSA) is 62.1 Å². The maximum Gasteiger partial charge on any atom is 0.287 e. The van der Waals surface area contributed by atoms with Gasteiger partial charge in [-0.2, -0.15) is 10.1 Å². The first-order valence-electron chi connectivity index (χ1n) is 8.39. The quantitative estimate of drug-likeness (QED) is 0.693. The minimum atomic E-state index is -3.48. The summed E-state index contributed by atoms with van der Waals surface area (Å²) in [5.74, 6) is -0.663. The zero-order valence-corrected chi connectivity index (χ0v) is 15.5. The van der Waals surface area contributed by atoms with E-state index in [1.54, 1.807) is 24.3 Å². The van der Waals surface area contributed by atoms with Crippen LogP contribution in [0.2, 0.25) is 5.02 Å². The first kappa shape index (κ1) is 21.1. The molecular weight excluding hydrogens is 416 g/mol. The highest BCUT2D eigenvalue weighted by Gasteiger charge is 2.53. The second-order valence-corrected chi connectivity index (χ2v) is 6.69. The Bertz CT molecular complexity index is 924. The number of ether oxygens (including phenoxy) is 1. The minimum absolute atomic E-state index is 0.0222. The van der Waals surface area contributed by atoms with Gasteiger partial charge in [-0.25, -0.2) is 17.6 Å². The highest BCUT2D eigenvalue weighted by atomic mass is 35.5. The Morgan fingerprint density at radius 3 is 2.41 bits per heavy atom. The predicted molar refractivity (Wildman–Crippen MR) is 97.4 cm³/mol. The van der Waals surface area contributed by atoms with Gasteiger partial charge in [0.05, 0.1) is 5.02 Å². The molecule has 0 unspecified atom stereocenters. The summed E-state index contributed by atoms with van der Waals surface area (Å²) in [5.41, 5.74) is -3.56. The largest absolute Gasteiger partial charge is 0.487 e. The van der Waals surface area contributed by atoms with Crippen molar-refractivity contribution in [3.63, 3.8) is 0 Å². The Balaban J connectivity index is 1.75. The van der Waals surface area contributed by atoms with Gasteiger partial charge < -0.3 is 9.84 Å². The summed E-state index contributed by atoms with van der Waals surface area (Å²) in [6.45, 7) is 0.122. The average Bonchev–Trinajstić information content (AvgIpc) is 3.07. The maximum atomic E-state index is 13.3. The molecule has 0 bridgehead atoms. The van der Waals surface area contributed by atoms with Crippen LogP contribution in [0.4, 0.5) is 17.6 Å². The lowest BCUT2D eigenvalue weighted by molar-refractivity contribution is -0.164. The van der Waals surface area contributed by atoms with Crippen molar-refractivity contribution in [2.24, 2.45) is 5.10 Å². The van der Waals surface area contributed by atoms with E-state index in [1.807, 2.05) is 0 Å². The average molecular weight is 431 g/mol. The fourth-order valence-corrected chi connectivity index (χ4v) is 2.88. The molecular formula is C19H15ClF4N2O3. The van der Waals surface area contributed by atoms with Crippen molar-refractivity contribution in [2.45, 2.75) is 31.6 Å². The number of rotatable bonds is 6. The van der Waals surface area contributed by atoms with Crippen molar-refractivity contribution in [3.8, 4) is 5.75 Å². The molecule has 0 aliphatic carbocycles. The molecule has 0 saturated heterocycles. The van der Waals surface area contributed by atoms with Gasteiger partial charge in [0.15, 0.2) is 0 Å². The van der Waals surface area contributed by atoms with Gasteiger partial charge >= 0.3 is 0 Å². The second kappa shape index (κ2) is 8.38. The molecule has 2 aromatic rings. The molecule has 1 aliphatic rings. The van der Waals surface area contributed by atoms with E-state index in [1.165, 1.54) is 24.3 Å². The third-order valence-electron chi connectivity index (χ3n) is 4.26. The van der Waals surface area contributed by atoms with Gasteiger partial charge in [0.2, 0.25) is 5.72 Å². The van der Waals surface area contributed by atoms with E-state index < -0.39 is 36.6 Å². The monoisotopic (exact) mass is 430 g/mol. The van der Waals surface area contributed by atoms with Gasteiger partial charge in [-0.05, 0) is 29.8 Å². The van der Waals surface area contributed by atoms with Crippen molar-refractivity contribution in [2.75, 3.05) is 0 Å². The van der Waals surface area contributed by atoms with E-state index in [0.29, 0.717) is 16.3 Å². The summed E-state index contributed by atoms with van der Waals surface area (Å²) >= 11 is 5.99. The van der Waals surface area contributed by atoms with Crippen LogP contribution in [0.5, 0.6) is 5.75 Å². The van der Waals surface area contributed by atoms with Crippen LogP contribution in [-0.4, -0.2) is 40.3 Å². The van der Waals surface area contributed by atoms with E-state index in [4.69, 9.17) is 16.3 Å². The highest BCUT2D eigenvalue weighted by molar-refractivity contribution is 6.32. The van der Waals surface area contributed by atoms with E-state index in [-0.39, 0.29) is 17.2 Å². The number of alkyl halides is 4. The Hall–Kier alpha value is -2.65. The van der Waals surface area contributed by atoms with E-state index in [9.17, 15) is 27.5 Å². The first-order chi connectivity index (χ1) is 13.7. The molecule has 1 aliphatic heterocycles. The lowest BCUT2D eigenvalue weighted by Gasteiger charge is -2.30. The number of nitrogens with zero attached hydrogens (tertiary/aromatic N) is 2. The molecule has 5 nitrogen and oxygen atoms in total. The highest BCUT2D eigenvalue weighted by Crippen LogP contribution is 2.34. The van der Waals surface area contributed by atoms with Gasteiger partial charge in [-0.15, -0.1) is 0 Å². The number of carbonyl (C=O) groups is 1. The Morgan fingerprint density at radius 1 is 1.17 bits per heavy atom. The molecule has 1 amide bonds. The van der Waals surface area contributed by atoms with E-state index >= 15 is 0 Å². The van der Waals surface area contributed by atoms with Crippen LogP contribution in [0, 0.1) is 0 Å². The fourth-order valence-electron chi connectivity index (χ4n) is 2.69. The molecule has 154 valence electrons. The number of aliphatic hydroxyl groups is 1. The summed E-state index contributed by atoms with van der Waals surface area (Å²) in [6, 6.07) is 12.4. The van der Waals surface area contributed by atoms with Gasteiger partial charge in [0.25, 0.3) is 18.8 Å². The third kappa shape index (κ3) is 4.35. The summed E-state index contributed by atoms with van der Waals surface area (Å²) in [6.07, 6.45) is -7.77. The lowest BCUT2D eigenvalue weighted by Crippen LogP contribution is -2.51. The fraction of sp³-hybridized carbons (Fsp3) is 0.263. The number of hydrogen-bond donors (Lipinski definition) is 1. The normalized spacial score (nSPS) is 19.0. The van der Waals surface area contributed by atoms with E-state index in [2.05, 4.69) is 5.10 Å². The molecule has 2 aromatic carbocycles. The summed E-state index contributed by atoms with van der Waals surface area (Å²) in [4.78, 5) is 12.5. The molecule has 1 atom stereocenters. The van der Waals surface area contributed by atoms with E-state index in [0.717, 1.165) is 0 Å². The van der Waals surface area contributed by atoms with Crippen LogP contribution < -0.4 is 4.74 Å². The Labute approximate surface area is 168 Å². The minimum Gasteiger partial charge on any atom is -0.487 e. The Kier molecular flexibility index (Phi) is 6.09. The molecule has 1 heterocycles. The second-order valence-electron chi connectivity index (χ2n) is 6.28. The summed E-state index contributed by atoms with van der Waals surface area (Å²) < 4.78 is 57.8. The number of para-hydroxylation sites is 1. The summed E-state index contributed by atoms with van der Waals surface area (Å²) in [5, 5.41) is 13.7. The van der Waals surface area contributed by atoms with Crippen molar-refractivity contribution in [1.82, 2.24) is 5.01 Å². The first-order valence-corrected chi connectivity index (χ1v) is 8.77. The smallest absolute Gasteiger partial charge is 0.287 e. The third-order valence-corrected chi connectivity index (χ3v) is 4.57. The number of carbonyl (C=O) groups excluding carboxylic acids is 1. The zero-order chi connectivity index (χ0) is 21.2. The number of hydrogen-bond acceptors (Lipinski definition) is 4. The zero-order valence-electron chi connectivity index (χ0n) is 14.7. The molecule has 10 heteroatoms. The molecule has 1 N–H and O–H groups in total. The van der Waals surface area contributed by atoms with Gasteiger partial charge in [0.1, 0.15) is 18.1 Å². The van der Waals surface area contributed by atoms with Crippen LogP contribution in [0.15, 0.2) is 53.6 Å². The van der Waals surface area contributed by atoms with Crippen molar-refractivity contribution < 1.29 is 32.2 Å². The van der Waals surface area contributed by atoms with Crippen LogP contribution in [0.25, 0.3) is 0 Å². The molecule has 0 saturated carbocycles. The summed E-state index contributed by atoms with van der Waals surface area (Å²) in [7, 11) is 0. The standard InChI is InChI=1S/C19H15ClF4N2O3/c20-13-3-1-2-4-15(13)29-10-11-5-7-12(8-6-11)17(27)26-19(28,18(23)24)9-14(25-26)16(21)22/h1-8,16,18,28H,9-10H2/t19-/m1/s1. The molecule has 0 fully saturated rings. The Morgan fingerprint density at radius 2 is 1.83 bits per heavy atom. The van der Waals surface area contributed by atoms with Crippen LogP contribution in [0.3, 0.4) is 0 Å². The van der Waals surface area contributed by atoms with Crippen molar-refractivity contribution in [3.05, 3.63) is 64.7 Å². The van der Waals surface area contributed by atoms with Crippen molar-refractivity contribution >= 4 is 23.2 Å². The predicted octanol–water partition coefficient (Wildman–Crippen LogP) is 4.34. The molecule has 0 aromatic heterocycles. The van der Waals surface area contributed by atoms with Gasteiger partial charge in [0, 0.05) is 12.0 Å². The lowest BCUT2D eigenvalue weighted by atomic mass is 10.1. The van der Waals surface area contributed by atoms with Gasteiger partial charge in [-0.3, -0.25) is 4.79 Å². The van der Waals surface area contributed by atoms with Crippen LogP contribution in [0.1, 0.15) is 22.3 Å². The number of benzene rings is 2. The number of halogens is 5. The molecule has 0 spiro atoms. The van der Waals surface area contributed by atoms with Crippen LogP contribution in [-0.2, 0) is 6.61 Å². The molecule has 29 heavy (non-hydrogen) atoms. The SMILES string of the molecule is O=C(c1ccc(COc2ccccc2Cl)cc1)N1N=C(C(F)F)C[C@@]1(O)C(F)F. The number of amides is 1. The number of hydrazone groups is 1. The van der Waals surface area contributed by atoms with Crippen LogP contribution >= 0.6 is 11.6 Å². The van der Waals surface area contributed by atoms with Gasteiger partial charge in [-0.1, -0.05) is 35.9 Å². The van der Waals surface area contributed by atoms with Crippen molar-refractivity contribution in [1.29, 1.82) is 0 Å². The molecule has 3 rings (SSSR count). The molecule has 0 radical (unpaired) electrons.